The molecule has 1 atom stereocenters. The normalized spacial score (nSPS) is 12.4. The van der Waals surface area contributed by atoms with Crippen LogP contribution in [0.15, 0.2) is 11.6 Å². The molecule has 0 aliphatic carbocycles. The molecule has 6 nitrogen and oxygen atoms in total. The Balaban J connectivity index is 1.97. The molecule has 0 bridgehead atoms. The summed E-state index contributed by atoms with van der Waals surface area (Å²) in [4.78, 5) is 16.0. The predicted octanol–water partition coefficient (Wildman–Crippen LogP) is 1.19. The van der Waals surface area contributed by atoms with E-state index in [1.165, 1.54) is 11.3 Å². The van der Waals surface area contributed by atoms with Crippen molar-refractivity contribution in [3.8, 4) is 0 Å². The zero-order valence-corrected chi connectivity index (χ0v) is 12.0. The van der Waals surface area contributed by atoms with Crippen molar-refractivity contribution in [3.63, 3.8) is 0 Å². The lowest BCUT2D eigenvalue weighted by Crippen LogP contribution is -2.28. The van der Waals surface area contributed by atoms with Crippen molar-refractivity contribution in [1.29, 1.82) is 0 Å². The molecular weight excluding hydrogens is 262 g/mol. The number of carbonyl (C=O) groups is 1. The lowest BCUT2D eigenvalue weighted by molar-refractivity contribution is -0.121. The molecule has 7 heteroatoms. The molecule has 0 saturated carbocycles. The van der Waals surface area contributed by atoms with E-state index in [2.05, 4.69) is 15.4 Å². The highest BCUT2D eigenvalue weighted by Crippen LogP contribution is 2.16. The van der Waals surface area contributed by atoms with Gasteiger partial charge in [-0.15, -0.1) is 11.3 Å². The maximum atomic E-state index is 11.9. The Bertz CT molecular complexity index is 589. The molecule has 0 radical (unpaired) electrons. The number of nitrogen functional groups attached to an aromatic ring is 1. The Labute approximate surface area is 115 Å². The average Bonchev–Trinajstić information content (AvgIpc) is 2.87. The van der Waals surface area contributed by atoms with E-state index < -0.39 is 0 Å². The standard InChI is InChI=1S/C12H17N5OS/c1-7(10-5-14-17(3)8(10)2)15-11(18)4-9-6-19-12(13)16-9/h5-7H,4H2,1-3H3,(H2,13,16)(H,15,18). The van der Waals surface area contributed by atoms with Crippen LogP contribution in [0.4, 0.5) is 5.13 Å². The minimum Gasteiger partial charge on any atom is -0.375 e. The first-order valence-electron chi connectivity index (χ1n) is 5.95. The van der Waals surface area contributed by atoms with Crippen molar-refractivity contribution in [2.75, 3.05) is 5.73 Å². The summed E-state index contributed by atoms with van der Waals surface area (Å²) >= 11 is 1.34. The molecule has 1 unspecified atom stereocenters. The van der Waals surface area contributed by atoms with Crippen molar-refractivity contribution in [1.82, 2.24) is 20.1 Å². The SMILES string of the molecule is Cc1c(C(C)NC(=O)Cc2csc(N)n2)cnn1C. The van der Waals surface area contributed by atoms with Crippen LogP contribution in [-0.2, 0) is 18.3 Å². The van der Waals surface area contributed by atoms with Crippen LogP contribution in [0.1, 0.15) is 29.9 Å². The monoisotopic (exact) mass is 279 g/mol. The van der Waals surface area contributed by atoms with Gasteiger partial charge < -0.3 is 11.1 Å². The molecule has 3 N–H and O–H groups in total. The molecule has 0 spiro atoms. The first-order chi connectivity index (χ1) is 8.97. The van der Waals surface area contributed by atoms with Crippen molar-refractivity contribution in [2.45, 2.75) is 26.3 Å². The Morgan fingerprint density at radius 2 is 2.37 bits per heavy atom. The number of carbonyl (C=O) groups excluding carboxylic acids is 1. The van der Waals surface area contributed by atoms with Crippen LogP contribution in [0.3, 0.4) is 0 Å². The minimum absolute atomic E-state index is 0.0685. The molecule has 0 aromatic carbocycles. The number of thiazole rings is 1. The molecule has 2 aromatic heterocycles. The fraction of sp³-hybridized carbons (Fsp3) is 0.417. The van der Waals surface area contributed by atoms with Crippen LogP contribution in [0.25, 0.3) is 0 Å². The van der Waals surface area contributed by atoms with Gasteiger partial charge in [0, 0.05) is 23.7 Å². The number of nitrogens with zero attached hydrogens (tertiary/aromatic N) is 3. The molecule has 0 fully saturated rings. The van der Waals surface area contributed by atoms with Crippen molar-refractivity contribution < 1.29 is 4.79 Å². The van der Waals surface area contributed by atoms with Gasteiger partial charge in [0.25, 0.3) is 0 Å². The molecule has 0 aliphatic rings. The van der Waals surface area contributed by atoms with E-state index >= 15 is 0 Å². The van der Waals surface area contributed by atoms with Crippen LogP contribution in [-0.4, -0.2) is 20.7 Å². The second kappa shape index (κ2) is 5.40. The summed E-state index contributed by atoms with van der Waals surface area (Å²) in [5, 5.41) is 9.40. The van der Waals surface area contributed by atoms with Gasteiger partial charge in [0.05, 0.1) is 24.4 Å². The zero-order valence-electron chi connectivity index (χ0n) is 11.2. The van der Waals surface area contributed by atoms with Gasteiger partial charge in [-0.05, 0) is 13.8 Å². The molecule has 0 saturated heterocycles. The van der Waals surface area contributed by atoms with Crippen LogP contribution >= 0.6 is 11.3 Å². The van der Waals surface area contributed by atoms with Crippen LogP contribution in [0.2, 0.25) is 0 Å². The van der Waals surface area contributed by atoms with Crippen molar-refractivity contribution >= 4 is 22.4 Å². The highest BCUT2D eigenvalue weighted by Gasteiger charge is 2.15. The topological polar surface area (TPSA) is 85.8 Å². The van der Waals surface area contributed by atoms with E-state index in [4.69, 9.17) is 5.73 Å². The molecule has 1 amide bonds. The van der Waals surface area contributed by atoms with Crippen molar-refractivity contribution in [2.24, 2.45) is 7.05 Å². The molecule has 19 heavy (non-hydrogen) atoms. The molecular formula is C12H17N5OS. The Morgan fingerprint density at radius 1 is 1.63 bits per heavy atom. The number of hydrogen-bond donors (Lipinski definition) is 2. The number of anilines is 1. The van der Waals surface area contributed by atoms with Gasteiger partial charge >= 0.3 is 0 Å². The fourth-order valence-electron chi connectivity index (χ4n) is 1.88. The number of amides is 1. The van der Waals surface area contributed by atoms with E-state index in [-0.39, 0.29) is 18.4 Å². The quantitative estimate of drug-likeness (QED) is 0.880. The molecule has 0 aliphatic heterocycles. The largest absolute Gasteiger partial charge is 0.375 e. The van der Waals surface area contributed by atoms with E-state index in [9.17, 15) is 4.79 Å². The van der Waals surface area contributed by atoms with Gasteiger partial charge in [-0.1, -0.05) is 0 Å². The van der Waals surface area contributed by atoms with Gasteiger partial charge in [-0.25, -0.2) is 4.98 Å². The smallest absolute Gasteiger partial charge is 0.226 e. The third kappa shape index (κ3) is 3.11. The summed E-state index contributed by atoms with van der Waals surface area (Å²) < 4.78 is 1.79. The number of rotatable bonds is 4. The summed E-state index contributed by atoms with van der Waals surface area (Å²) in [6, 6.07) is -0.0721. The van der Waals surface area contributed by atoms with Gasteiger partial charge in [-0.3, -0.25) is 9.48 Å². The van der Waals surface area contributed by atoms with E-state index in [0.29, 0.717) is 10.8 Å². The number of hydrogen-bond acceptors (Lipinski definition) is 5. The second-order valence-corrected chi connectivity index (χ2v) is 5.34. The molecule has 102 valence electrons. The molecule has 2 rings (SSSR count). The molecule has 2 heterocycles. The first-order valence-corrected chi connectivity index (χ1v) is 6.83. The van der Waals surface area contributed by atoms with Crippen LogP contribution in [0.5, 0.6) is 0 Å². The summed E-state index contributed by atoms with van der Waals surface area (Å²) in [7, 11) is 1.88. The van der Waals surface area contributed by atoms with Gasteiger partial charge in [0.15, 0.2) is 5.13 Å². The third-order valence-corrected chi connectivity index (χ3v) is 3.75. The van der Waals surface area contributed by atoms with Gasteiger partial charge in [0.1, 0.15) is 0 Å². The number of nitrogens with two attached hydrogens (primary N) is 1. The lowest BCUT2D eigenvalue weighted by atomic mass is 10.1. The number of aromatic nitrogens is 3. The Morgan fingerprint density at radius 3 is 2.89 bits per heavy atom. The second-order valence-electron chi connectivity index (χ2n) is 4.45. The zero-order chi connectivity index (χ0) is 14.0. The lowest BCUT2D eigenvalue weighted by Gasteiger charge is -2.13. The van der Waals surface area contributed by atoms with Crippen molar-refractivity contribution in [3.05, 3.63) is 28.5 Å². The molecule has 2 aromatic rings. The van der Waals surface area contributed by atoms with E-state index in [1.807, 2.05) is 20.9 Å². The van der Waals surface area contributed by atoms with Crippen LogP contribution in [0, 0.1) is 6.92 Å². The third-order valence-electron chi connectivity index (χ3n) is 3.03. The van der Waals surface area contributed by atoms with Crippen LogP contribution < -0.4 is 11.1 Å². The van der Waals surface area contributed by atoms with E-state index in [1.54, 1.807) is 16.3 Å². The maximum Gasteiger partial charge on any atom is 0.226 e. The first kappa shape index (κ1) is 13.5. The summed E-state index contributed by atoms with van der Waals surface area (Å²) in [6.07, 6.45) is 2.03. The Hall–Kier alpha value is -1.89. The number of aryl methyl sites for hydroxylation is 1. The minimum atomic E-state index is -0.0721. The summed E-state index contributed by atoms with van der Waals surface area (Å²) in [5.74, 6) is -0.0685. The predicted molar refractivity (Wildman–Crippen MR) is 74.7 cm³/mol. The highest BCUT2D eigenvalue weighted by atomic mass is 32.1. The maximum absolute atomic E-state index is 11.9. The van der Waals surface area contributed by atoms with E-state index in [0.717, 1.165) is 11.3 Å². The fourth-order valence-corrected chi connectivity index (χ4v) is 2.44. The summed E-state index contributed by atoms with van der Waals surface area (Å²) in [5.41, 5.74) is 8.31. The number of nitrogens with one attached hydrogen (secondary N) is 1. The Kier molecular flexibility index (Phi) is 3.84. The average molecular weight is 279 g/mol. The summed E-state index contributed by atoms with van der Waals surface area (Å²) in [6.45, 7) is 3.92. The highest BCUT2D eigenvalue weighted by molar-refractivity contribution is 7.13. The van der Waals surface area contributed by atoms with Gasteiger partial charge in [0.2, 0.25) is 5.91 Å². The van der Waals surface area contributed by atoms with Gasteiger partial charge in [-0.2, -0.15) is 5.10 Å².